The standard InChI is InChI=1S/C25H28N2O7S2.C14H15N3O3S.2Na/c1-5-26-20-9-7-17(11-15(20)3)25(18-8-10-21(27-6-2)16(4)12-18)19-13-22(28)24(36(32,33)34)14-23(19)35(29,30)31;1-17(2)13-7-3-11(4-8-13)15-16-12-5-9-14(10-6-12)21(18,19)20;;/h7-14,26,28H,5-6H2,1-4H3,(H,29,30,31)(H,32,33,34);3-10H,1-2H3,(H,18,19,20);;/q;;2*+1/p-2/b25-18-,27-21?;;;. The van der Waals surface area contributed by atoms with Gasteiger partial charge in [-0.2, -0.15) is 18.6 Å². The Morgan fingerprint density at radius 1 is 0.763 bits per heavy atom. The maximum absolute atomic E-state index is 12.4. The molecule has 302 valence electrons. The zero-order valence-electron chi connectivity index (χ0n) is 33.8. The van der Waals surface area contributed by atoms with Crippen LogP contribution in [0.4, 0.5) is 22.7 Å². The van der Waals surface area contributed by atoms with Gasteiger partial charge >= 0.3 is 59.1 Å². The van der Waals surface area contributed by atoms with E-state index in [9.17, 15) is 44.0 Å². The first-order valence-corrected chi connectivity index (χ1v) is 21.5. The summed E-state index contributed by atoms with van der Waals surface area (Å²) in [5.41, 5.74) is 6.64. The van der Waals surface area contributed by atoms with Gasteiger partial charge in [0.05, 0.1) is 26.9 Å². The number of phenolic OH excluding ortho intramolecular Hbond substituents is 1. The van der Waals surface area contributed by atoms with E-state index in [1.165, 1.54) is 24.3 Å². The normalized spacial score (nSPS) is 14.4. The van der Waals surface area contributed by atoms with Gasteiger partial charge in [0.15, 0.2) is 0 Å². The number of nitrogens with zero attached hydrogens (tertiary/aromatic N) is 4. The van der Waals surface area contributed by atoms with Gasteiger partial charge in [0.2, 0.25) is 0 Å². The Balaban J connectivity index is 0.000000446. The zero-order valence-corrected chi connectivity index (χ0v) is 40.3. The minimum atomic E-state index is -5.23. The summed E-state index contributed by atoms with van der Waals surface area (Å²) in [5, 5.41) is 21.7. The van der Waals surface area contributed by atoms with Crippen molar-refractivity contribution >= 4 is 64.4 Å². The van der Waals surface area contributed by atoms with Gasteiger partial charge < -0.3 is 24.4 Å². The van der Waals surface area contributed by atoms with E-state index < -0.39 is 45.9 Å². The fourth-order valence-electron chi connectivity index (χ4n) is 5.62. The van der Waals surface area contributed by atoms with E-state index in [4.69, 9.17) is 0 Å². The first-order chi connectivity index (χ1) is 26.6. The number of allylic oxidation sites excluding steroid dienone is 5. The maximum atomic E-state index is 12.4. The van der Waals surface area contributed by atoms with Gasteiger partial charge in [-0.1, -0.05) is 12.1 Å². The van der Waals surface area contributed by atoms with Crippen molar-refractivity contribution in [2.75, 3.05) is 37.4 Å². The zero-order chi connectivity index (χ0) is 42.3. The molecule has 0 amide bonds. The number of aryl methyl sites for hydroxylation is 1. The van der Waals surface area contributed by atoms with Crippen LogP contribution in [0.2, 0.25) is 0 Å². The molecular formula is C39H41N5Na2O10S3. The molecule has 0 spiro atoms. The predicted molar refractivity (Wildman–Crippen MR) is 217 cm³/mol. The quantitative estimate of drug-likeness (QED) is 0.109. The molecule has 0 bridgehead atoms. The minimum Gasteiger partial charge on any atom is -0.744 e. The van der Waals surface area contributed by atoms with Gasteiger partial charge in [0.25, 0.3) is 10.1 Å². The second kappa shape index (κ2) is 21.8. The summed E-state index contributed by atoms with van der Waals surface area (Å²) in [6.07, 6.45) is 5.26. The number of phenols is 1. The summed E-state index contributed by atoms with van der Waals surface area (Å²) in [4.78, 5) is 4.14. The van der Waals surface area contributed by atoms with E-state index in [0.29, 0.717) is 47.2 Å². The Morgan fingerprint density at radius 3 is 1.80 bits per heavy atom. The molecule has 0 fully saturated rings. The van der Waals surface area contributed by atoms with Crippen LogP contribution in [0.5, 0.6) is 5.75 Å². The Hall–Kier alpha value is -3.50. The van der Waals surface area contributed by atoms with E-state index in [1.807, 2.05) is 77.0 Å². The van der Waals surface area contributed by atoms with Crippen molar-refractivity contribution in [2.45, 2.75) is 42.4 Å². The largest absolute Gasteiger partial charge is 1.00 e. The molecule has 0 aliphatic heterocycles. The third-order valence-corrected chi connectivity index (χ3v) is 11.0. The molecule has 59 heavy (non-hydrogen) atoms. The van der Waals surface area contributed by atoms with E-state index >= 15 is 0 Å². The number of aliphatic imine (C=N–C) groups is 1. The second-order valence-corrected chi connectivity index (χ2v) is 16.8. The number of benzene rings is 4. The first kappa shape index (κ1) is 51.6. The predicted octanol–water partition coefficient (Wildman–Crippen LogP) is 1.14. The van der Waals surface area contributed by atoms with Crippen LogP contribution in [0.15, 0.2) is 138 Å². The topological polar surface area (TPSA) is 241 Å². The van der Waals surface area contributed by atoms with Crippen molar-refractivity contribution in [3.63, 3.8) is 0 Å². The molecule has 0 atom stereocenters. The number of anilines is 2. The van der Waals surface area contributed by atoms with Gasteiger partial charge in [-0.15, -0.1) is 0 Å². The molecule has 1 aliphatic carbocycles. The summed E-state index contributed by atoms with van der Waals surface area (Å²) in [6.45, 7) is 8.79. The van der Waals surface area contributed by atoms with Gasteiger partial charge in [-0.05, 0) is 140 Å². The number of rotatable bonds is 11. The fraction of sp³-hybridized carbons (Fsp3) is 0.205. The van der Waals surface area contributed by atoms with Crippen LogP contribution in [-0.2, 0) is 30.4 Å². The molecule has 1 aliphatic rings. The van der Waals surface area contributed by atoms with Crippen LogP contribution < -0.4 is 69.3 Å². The average Bonchev–Trinajstić information content (AvgIpc) is 3.12. The maximum Gasteiger partial charge on any atom is 1.00 e. The fourth-order valence-corrected chi connectivity index (χ4v) is 7.44. The van der Waals surface area contributed by atoms with Crippen molar-refractivity contribution in [1.29, 1.82) is 0 Å². The molecule has 0 unspecified atom stereocenters. The third-order valence-electron chi connectivity index (χ3n) is 8.35. The third kappa shape index (κ3) is 14.0. The summed E-state index contributed by atoms with van der Waals surface area (Å²) >= 11 is 0. The number of aromatic hydroxyl groups is 1. The molecule has 0 saturated carbocycles. The molecule has 5 rings (SSSR count). The average molecular weight is 882 g/mol. The van der Waals surface area contributed by atoms with Crippen LogP contribution >= 0.6 is 0 Å². The molecule has 0 saturated heterocycles. The van der Waals surface area contributed by atoms with Gasteiger partial charge in [-0.3, -0.25) is 9.55 Å². The van der Waals surface area contributed by atoms with Crippen molar-refractivity contribution in [3.8, 4) is 5.75 Å². The molecule has 0 aromatic heterocycles. The Bertz CT molecular complexity index is 2650. The number of nitrogens with one attached hydrogen (secondary N) is 1. The van der Waals surface area contributed by atoms with Crippen molar-refractivity contribution < 1.29 is 103 Å². The molecule has 15 nitrogen and oxygen atoms in total. The van der Waals surface area contributed by atoms with Crippen LogP contribution in [-0.4, -0.2) is 76.9 Å². The van der Waals surface area contributed by atoms with Gasteiger partial charge in [0, 0.05) is 44.1 Å². The monoisotopic (exact) mass is 881 g/mol. The molecule has 4 aromatic carbocycles. The van der Waals surface area contributed by atoms with Gasteiger partial charge in [-0.25, -0.2) is 16.8 Å². The summed E-state index contributed by atoms with van der Waals surface area (Å²) in [7, 11) is -10.8. The molecule has 20 heteroatoms. The number of hydrogen-bond acceptors (Lipinski definition) is 14. The van der Waals surface area contributed by atoms with Crippen LogP contribution in [0, 0.1) is 6.92 Å². The number of azo groups is 1. The van der Waals surface area contributed by atoms with Crippen LogP contribution in [0.3, 0.4) is 0 Å². The van der Waals surface area contributed by atoms with E-state index in [1.54, 1.807) is 30.4 Å². The first-order valence-electron chi connectivity index (χ1n) is 17.2. The summed E-state index contributed by atoms with van der Waals surface area (Å²) < 4.78 is 102. The Morgan fingerprint density at radius 2 is 1.34 bits per heavy atom. The second-order valence-electron chi connectivity index (χ2n) is 12.7. The van der Waals surface area contributed by atoms with Crippen molar-refractivity contribution in [3.05, 3.63) is 125 Å². The Labute approximate surface area is 389 Å². The minimum absolute atomic E-state index is 0. The van der Waals surface area contributed by atoms with Crippen LogP contribution in [0.25, 0.3) is 5.57 Å². The molecule has 0 heterocycles. The summed E-state index contributed by atoms with van der Waals surface area (Å²) in [5.74, 6) is -0.930. The molecule has 4 aromatic rings. The molecular weight excluding hydrogens is 841 g/mol. The van der Waals surface area contributed by atoms with Crippen molar-refractivity contribution in [1.82, 2.24) is 0 Å². The SMILES string of the molecule is CCN=C1C=C/C(=C(\c2ccc(NCC)c(C)c2)c2cc(O)c(S(=O)(=O)[O-])cc2S(=O)(=O)O)C=C1C.CN(C)c1ccc(N=Nc2ccc(S(=O)(=O)[O-])cc2)cc1.[Na+].[Na+]. The van der Waals surface area contributed by atoms with E-state index in [-0.39, 0.29) is 69.6 Å². The summed E-state index contributed by atoms with van der Waals surface area (Å²) in [6, 6.07) is 19.5. The van der Waals surface area contributed by atoms with Crippen LogP contribution in [0.1, 0.15) is 37.5 Å². The Kier molecular flexibility index (Phi) is 19.1. The molecule has 3 N–H and O–H groups in total. The van der Waals surface area contributed by atoms with Gasteiger partial charge in [0.1, 0.15) is 30.9 Å². The van der Waals surface area contributed by atoms with Crippen molar-refractivity contribution in [2.24, 2.45) is 15.2 Å². The molecule has 0 radical (unpaired) electrons. The van der Waals surface area contributed by atoms with E-state index in [2.05, 4.69) is 20.5 Å². The number of hydrogen-bond donors (Lipinski definition) is 3. The van der Waals surface area contributed by atoms with E-state index in [0.717, 1.165) is 34.3 Å². The smallest absolute Gasteiger partial charge is 0.744 e.